The predicted octanol–water partition coefficient (Wildman–Crippen LogP) is 3.54. The van der Waals surface area contributed by atoms with Gasteiger partial charge in [0.15, 0.2) is 0 Å². The van der Waals surface area contributed by atoms with Crippen molar-refractivity contribution in [2.24, 2.45) is 17.8 Å². The van der Waals surface area contributed by atoms with Crippen LogP contribution in [-0.2, 0) is 14.8 Å². The minimum atomic E-state index is -3.61. The number of sulfonamides is 1. The molecule has 1 heterocycles. The summed E-state index contributed by atoms with van der Waals surface area (Å²) in [6.07, 6.45) is 1.39. The number of rotatable bonds is 6. The Bertz CT molecular complexity index is 709. The zero-order chi connectivity index (χ0) is 19.5. The van der Waals surface area contributed by atoms with Gasteiger partial charge in [-0.25, -0.2) is 8.42 Å². The van der Waals surface area contributed by atoms with Crippen LogP contribution in [-0.4, -0.2) is 37.8 Å². The minimum Gasteiger partial charge on any atom is -0.353 e. The maximum Gasteiger partial charge on any atom is 0.243 e. The van der Waals surface area contributed by atoms with Crippen molar-refractivity contribution >= 4 is 27.5 Å². The number of hydrogen-bond acceptors (Lipinski definition) is 3. The second-order valence-electron chi connectivity index (χ2n) is 7.68. The highest BCUT2D eigenvalue weighted by Crippen LogP contribution is 2.25. The molecule has 146 valence electrons. The molecule has 1 amide bonds. The van der Waals surface area contributed by atoms with Crippen LogP contribution in [0.15, 0.2) is 29.2 Å². The van der Waals surface area contributed by atoms with E-state index in [2.05, 4.69) is 33.0 Å². The van der Waals surface area contributed by atoms with Crippen LogP contribution in [0.25, 0.3) is 0 Å². The second kappa shape index (κ2) is 8.72. The number of hydrogen-bond donors (Lipinski definition) is 1. The summed E-state index contributed by atoms with van der Waals surface area (Å²) in [5, 5.41) is 3.62. The SMILES string of the molecule is CC(C)C(NC(=O)C1CCCN(S(=O)(=O)c2ccc(Cl)cc2)C1)C(C)C. The number of carbonyl (C=O) groups excluding carboxylic acids is 1. The van der Waals surface area contributed by atoms with E-state index in [1.165, 1.54) is 16.4 Å². The Morgan fingerprint density at radius 3 is 2.27 bits per heavy atom. The van der Waals surface area contributed by atoms with E-state index in [0.717, 1.165) is 0 Å². The van der Waals surface area contributed by atoms with E-state index < -0.39 is 10.0 Å². The Hall–Kier alpha value is -1.11. The van der Waals surface area contributed by atoms with Gasteiger partial charge in [-0.3, -0.25) is 4.79 Å². The summed E-state index contributed by atoms with van der Waals surface area (Å²) in [5.74, 6) is 0.298. The third kappa shape index (κ3) is 4.99. The molecule has 0 spiro atoms. The van der Waals surface area contributed by atoms with E-state index >= 15 is 0 Å². The smallest absolute Gasteiger partial charge is 0.243 e. The van der Waals surface area contributed by atoms with Crippen molar-refractivity contribution in [2.45, 2.75) is 51.5 Å². The maximum atomic E-state index is 12.9. The van der Waals surface area contributed by atoms with Crippen molar-refractivity contribution in [1.29, 1.82) is 0 Å². The number of benzene rings is 1. The number of piperidine rings is 1. The Balaban J connectivity index is 2.10. The van der Waals surface area contributed by atoms with Crippen molar-refractivity contribution in [3.05, 3.63) is 29.3 Å². The first-order valence-corrected chi connectivity index (χ1v) is 11.0. The molecule has 1 aliphatic rings. The molecule has 1 aromatic carbocycles. The van der Waals surface area contributed by atoms with Crippen LogP contribution in [0.3, 0.4) is 0 Å². The van der Waals surface area contributed by atoms with E-state index in [1.54, 1.807) is 12.1 Å². The van der Waals surface area contributed by atoms with Crippen LogP contribution in [0.5, 0.6) is 0 Å². The Labute approximate surface area is 162 Å². The summed E-state index contributed by atoms with van der Waals surface area (Å²) in [7, 11) is -3.61. The first kappa shape index (κ1) is 21.2. The molecule has 1 atom stereocenters. The Morgan fingerprint density at radius 2 is 1.73 bits per heavy atom. The molecule has 1 aliphatic heterocycles. The molecular weight excluding hydrogens is 372 g/mol. The fourth-order valence-corrected chi connectivity index (χ4v) is 5.17. The fraction of sp³-hybridized carbons (Fsp3) is 0.632. The summed E-state index contributed by atoms with van der Waals surface area (Å²) >= 11 is 5.85. The highest BCUT2D eigenvalue weighted by molar-refractivity contribution is 7.89. The molecule has 0 radical (unpaired) electrons. The molecule has 0 aliphatic carbocycles. The maximum absolute atomic E-state index is 12.9. The third-order valence-electron chi connectivity index (χ3n) is 4.95. The number of nitrogens with zero attached hydrogens (tertiary/aromatic N) is 1. The van der Waals surface area contributed by atoms with Gasteiger partial charge in [0.25, 0.3) is 0 Å². The topological polar surface area (TPSA) is 66.5 Å². The number of halogens is 1. The molecule has 1 fully saturated rings. The third-order valence-corrected chi connectivity index (χ3v) is 7.08. The quantitative estimate of drug-likeness (QED) is 0.794. The standard InChI is InChI=1S/C19H29ClN2O3S/c1-13(2)18(14(3)4)21-19(23)15-6-5-11-22(12-15)26(24,25)17-9-7-16(20)8-10-17/h7-10,13-15,18H,5-6,11-12H2,1-4H3,(H,21,23). The van der Waals surface area contributed by atoms with Gasteiger partial charge in [-0.1, -0.05) is 39.3 Å². The van der Waals surface area contributed by atoms with Gasteiger partial charge in [0.2, 0.25) is 15.9 Å². The Morgan fingerprint density at radius 1 is 1.15 bits per heavy atom. The van der Waals surface area contributed by atoms with E-state index in [9.17, 15) is 13.2 Å². The van der Waals surface area contributed by atoms with E-state index in [-0.39, 0.29) is 29.3 Å². The predicted molar refractivity (Wildman–Crippen MR) is 105 cm³/mol. The lowest BCUT2D eigenvalue weighted by Crippen LogP contribution is -2.49. The van der Waals surface area contributed by atoms with Crippen molar-refractivity contribution in [1.82, 2.24) is 9.62 Å². The van der Waals surface area contributed by atoms with Gasteiger partial charge < -0.3 is 5.32 Å². The zero-order valence-electron chi connectivity index (χ0n) is 15.9. The average Bonchev–Trinajstić information content (AvgIpc) is 2.59. The number of amides is 1. The van der Waals surface area contributed by atoms with Crippen LogP contribution >= 0.6 is 11.6 Å². The van der Waals surface area contributed by atoms with Crippen molar-refractivity contribution < 1.29 is 13.2 Å². The van der Waals surface area contributed by atoms with Crippen molar-refractivity contribution in [3.8, 4) is 0 Å². The molecule has 1 aromatic rings. The van der Waals surface area contributed by atoms with Crippen LogP contribution in [0.2, 0.25) is 5.02 Å². The molecule has 0 saturated carbocycles. The van der Waals surface area contributed by atoms with Gasteiger partial charge >= 0.3 is 0 Å². The lowest BCUT2D eigenvalue weighted by molar-refractivity contribution is -0.127. The van der Waals surface area contributed by atoms with Gasteiger partial charge in [-0.15, -0.1) is 0 Å². The average molecular weight is 401 g/mol. The lowest BCUT2D eigenvalue weighted by Gasteiger charge is -2.33. The van der Waals surface area contributed by atoms with Crippen molar-refractivity contribution in [2.75, 3.05) is 13.1 Å². The molecule has 5 nitrogen and oxygen atoms in total. The van der Waals surface area contributed by atoms with Crippen LogP contribution < -0.4 is 5.32 Å². The summed E-state index contributed by atoms with van der Waals surface area (Å²) in [6.45, 7) is 9.00. The Kier molecular flexibility index (Phi) is 7.11. The zero-order valence-corrected chi connectivity index (χ0v) is 17.5. The second-order valence-corrected chi connectivity index (χ2v) is 10.1. The molecule has 1 N–H and O–H groups in total. The van der Waals surface area contributed by atoms with E-state index in [4.69, 9.17) is 11.6 Å². The molecule has 0 aromatic heterocycles. The minimum absolute atomic E-state index is 0.0478. The molecule has 7 heteroatoms. The fourth-order valence-electron chi connectivity index (χ4n) is 3.52. The monoisotopic (exact) mass is 400 g/mol. The van der Waals surface area contributed by atoms with Gasteiger partial charge in [-0.05, 0) is 48.9 Å². The summed E-state index contributed by atoms with van der Waals surface area (Å²) in [6, 6.07) is 6.24. The number of nitrogens with one attached hydrogen (secondary N) is 1. The van der Waals surface area contributed by atoms with Gasteiger partial charge in [0.1, 0.15) is 0 Å². The van der Waals surface area contributed by atoms with Gasteiger partial charge in [-0.2, -0.15) is 4.31 Å². The molecule has 1 saturated heterocycles. The lowest BCUT2D eigenvalue weighted by atomic mass is 9.91. The number of carbonyl (C=O) groups is 1. The van der Waals surface area contributed by atoms with Crippen LogP contribution in [0.4, 0.5) is 0 Å². The molecule has 2 rings (SSSR count). The van der Waals surface area contributed by atoms with E-state index in [1.807, 2.05) is 0 Å². The summed E-state index contributed by atoms with van der Waals surface area (Å²) in [4.78, 5) is 12.9. The van der Waals surface area contributed by atoms with Gasteiger partial charge in [0.05, 0.1) is 10.8 Å². The first-order valence-electron chi connectivity index (χ1n) is 9.19. The largest absolute Gasteiger partial charge is 0.353 e. The molecule has 0 bridgehead atoms. The highest BCUT2D eigenvalue weighted by atomic mass is 35.5. The van der Waals surface area contributed by atoms with Gasteiger partial charge in [0, 0.05) is 24.2 Å². The highest BCUT2D eigenvalue weighted by Gasteiger charge is 2.34. The van der Waals surface area contributed by atoms with Crippen LogP contribution in [0.1, 0.15) is 40.5 Å². The normalized spacial score (nSPS) is 19.3. The van der Waals surface area contributed by atoms with Crippen molar-refractivity contribution in [3.63, 3.8) is 0 Å². The molecule has 26 heavy (non-hydrogen) atoms. The van der Waals surface area contributed by atoms with E-state index in [0.29, 0.717) is 36.2 Å². The molecule has 1 unspecified atom stereocenters. The molecular formula is C19H29ClN2O3S. The van der Waals surface area contributed by atoms with Crippen LogP contribution in [0, 0.1) is 17.8 Å². The summed E-state index contributed by atoms with van der Waals surface area (Å²) < 4.78 is 27.1. The summed E-state index contributed by atoms with van der Waals surface area (Å²) in [5.41, 5.74) is 0. The first-order chi connectivity index (χ1) is 12.1.